The molecule has 7 nitrogen and oxygen atoms in total. The Morgan fingerprint density at radius 1 is 1.71 bits per heavy atom. The Kier molecular flexibility index (Phi) is 3.52. The number of aromatic nitrogens is 4. The van der Waals surface area contributed by atoms with Gasteiger partial charge in [-0.05, 0) is 17.4 Å². The number of carboxylic acids is 1. The van der Waals surface area contributed by atoms with Crippen molar-refractivity contribution in [2.24, 2.45) is 0 Å². The number of ether oxygens (including phenoxy) is 1. The van der Waals surface area contributed by atoms with Gasteiger partial charge in [0.2, 0.25) is 0 Å². The van der Waals surface area contributed by atoms with Crippen molar-refractivity contribution in [3.8, 4) is 0 Å². The SMILES string of the molecule is COC(CC(=O)O)Cn1nnnc1C. The summed E-state index contributed by atoms with van der Waals surface area (Å²) in [6.07, 6.45) is -0.467. The minimum absolute atomic E-state index is 0.0597. The number of tetrazole rings is 1. The fraction of sp³-hybridized carbons (Fsp3) is 0.714. The molecule has 1 aromatic heterocycles. The van der Waals surface area contributed by atoms with Crippen LogP contribution in [-0.2, 0) is 16.1 Å². The van der Waals surface area contributed by atoms with Crippen molar-refractivity contribution in [1.82, 2.24) is 20.2 Å². The molecule has 0 aromatic carbocycles. The summed E-state index contributed by atoms with van der Waals surface area (Å²) in [5.74, 6) is -0.264. The summed E-state index contributed by atoms with van der Waals surface area (Å²) in [5, 5.41) is 19.4. The van der Waals surface area contributed by atoms with Crippen molar-refractivity contribution in [3.63, 3.8) is 0 Å². The first-order valence-corrected chi connectivity index (χ1v) is 4.11. The highest BCUT2D eigenvalue weighted by atomic mass is 16.5. The van der Waals surface area contributed by atoms with E-state index in [-0.39, 0.29) is 6.42 Å². The molecule has 1 unspecified atom stereocenters. The first-order chi connectivity index (χ1) is 6.63. The third-order valence-corrected chi connectivity index (χ3v) is 1.82. The lowest BCUT2D eigenvalue weighted by Crippen LogP contribution is -2.23. The average molecular weight is 200 g/mol. The minimum Gasteiger partial charge on any atom is -0.481 e. The van der Waals surface area contributed by atoms with Crippen LogP contribution in [0.3, 0.4) is 0 Å². The smallest absolute Gasteiger partial charge is 0.306 e. The molecule has 7 heteroatoms. The van der Waals surface area contributed by atoms with E-state index in [0.29, 0.717) is 12.4 Å². The molecule has 0 aliphatic rings. The quantitative estimate of drug-likeness (QED) is 0.687. The number of methoxy groups -OCH3 is 1. The van der Waals surface area contributed by atoms with Gasteiger partial charge in [-0.2, -0.15) is 0 Å². The Morgan fingerprint density at radius 3 is 2.86 bits per heavy atom. The topological polar surface area (TPSA) is 90.1 Å². The van der Waals surface area contributed by atoms with Gasteiger partial charge in [0.1, 0.15) is 5.82 Å². The number of aryl methyl sites for hydroxylation is 1. The third-order valence-electron chi connectivity index (χ3n) is 1.82. The van der Waals surface area contributed by atoms with Crippen molar-refractivity contribution in [3.05, 3.63) is 5.82 Å². The molecule has 0 aliphatic heterocycles. The van der Waals surface area contributed by atoms with Crippen LogP contribution in [0.1, 0.15) is 12.2 Å². The molecule has 0 spiro atoms. The van der Waals surface area contributed by atoms with Crippen LogP contribution in [0.15, 0.2) is 0 Å². The van der Waals surface area contributed by atoms with Crippen LogP contribution >= 0.6 is 0 Å². The van der Waals surface area contributed by atoms with Crippen molar-refractivity contribution in [2.45, 2.75) is 26.0 Å². The Morgan fingerprint density at radius 2 is 2.43 bits per heavy atom. The number of carboxylic acid groups (broad SMARTS) is 1. The zero-order valence-electron chi connectivity index (χ0n) is 8.04. The molecular weight excluding hydrogens is 188 g/mol. The number of hydrogen-bond donors (Lipinski definition) is 1. The average Bonchev–Trinajstić information content (AvgIpc) is 2.50. The fourth-order valence-corrected chi connectivity index (χ4v) is 1.03. The van der Waals surface area contributed by atoms with Crippen LogP contribution in [0.5, 0.6) is 0 Å². The van der Waals surface area contributed by atoms with Gasteiger partial charge in [0.05, 0.1) is 19.1 Å². The van der Waals surface area contributed by atoms with E-state index < -0.39 is 12.1 Å². The van der Waals surface area contributed by atoms with E-state index in [0.717, 1.165) is 0 Å². The highest BCUT2D eigenvalue weighted by Gasteiger charge is 2.14. The Hall–Kier alpha value is -1.50. The van der Waals surface area contributed by atoms with Gasteiger partial charge < -0.3 is 9.84 Å². The van der Waals surface area contributed by atoms with Gasteiger partial charge in [-0.25, -0.2) is 4.68 Å². The number of rotatable bonds is 5. The van der Waals surface area contributed by atoms with Gasteiger partial charge in [-0.3, -0.25) is 4.79 Å². The van der Waals surface area contributed by atoms with E-state index in [2.05, 4.69) is 15.5 Å². The summed E-state index contributed by atoms with van der Waals surface area (Å²) in [7, 11) is 1.47. The fourth-order valence-electron chi connectivity index (χ4n) is 1.03. The molecule has 1 rings (SSSR count). The van der Waals surface area contributed by atoms with Gasteiger partial charge in [0, 0.05) is 7.11 Å². The zero-order valence-corrected chi connectivity index (χ0v) is 8.04. The van der Waals surface area contributed by atoms with Crippen molar-refractivity contribution in [2.75, 3.05) is 7.11 Å². The predicted octanol–water partition coefficient (Wildman–Crippen LogP) is -0.529. The van der Waals surface area contributed by atoms with Gasteiger partial charge in [0.25, 0.3) is 0 Å². The number of nitrogens with zero attached hydrogens (tertiary/aromatic N) is 4. The van der Waals surface area contributed by atoms with E-state index >= 15 is 0 Å². The van der Waals surface area contributed by atoms with Gasteiger partial charge in [-0.15, -0.1) is 5.10 Å². The van der Waals surface area contributed by atoms with Crippen molar-refractivity contribution >= 4 is 5.97 Å². The first-order valence-electron chi connectivity index (χ1n) is 4.11. The second-order valence-electron chi connectivity index (χ2n) is 2.86. The molecule has 0 saturated heterocycles. The Labute approximate surface area is 80.7 Å². The molecule has 0 bridgehead atoms. The molecule has 1 atom stereocenters. The normalized spacial score (nSPS) is 12.7. The number of aliphatic carboxylic acids is 1. The summed E-state index contributed by atoms with van der Waals surface area (Å²) in [4.78, 5) is 10.4. The molecule has 0 aliphatic carbocycles. The molecule has 1 aromatic rings. The maximum absolute atomic E-state index is 10.4. The van der Waals surface area contributed by atoms with Crippen LogP contribution in [0, 0.1) is 6.92 Å². The molecule has 0 amide bonds. The summed E-state index contributed by atoms with van der Waals surface area (Å²) in [6.45, 7) is 2.09. The number of carbonyl (C=O) groups is 1. The zero-order chi connectivity index (χ0) is 10.6. The third kappa shape index (κ3) is 2.77. The predicted molar refractivity (Wildman–Crippen MR) is 45.6 cm³/mol. The monoisotopic (exact) mass is 200 g/mol. The van der Waals surface area contributed by atoms with Crippen molar-refractivity contribution < 1.29 is 14.6 Å². The summed E-state index contributed by atoms with van der Waals surface area (Å²) in [5.41, 5.74) is 0. The molecule has 1 heterocycles. The highest BCUT2D eigenvalue weighted by Crippen LogP contribution is 2.01. The lowest BCUT2D eigenvalue weighted by molar-refractivity contribution is -0.140. The number of hydrogen-bond acceptors (Lipinski definition) is 5. The summed E-state index contributed by atoms with van der Waals surface area (Å²) in [6, 6.07) is 0. The molecule has 1 N–H and O–H groups in total. The molecule has 14 heavy (non-hydrogen) atoms. The largest absolute Gasteiger partial charge is 0.481 e. The van der Waals surface area contributed by atoms with Gasteiger partial charge in [0.15, 0.2) is 0 Å². The Bertz CT molecular complexity index is 312. The molecule has 0 radical (unpaired) electrons. The van der Waals surface area contributed by atoms with Crippen LogP contribution in [0.25, 0.3) is 0 Å². The van der Waals surface area contributed by atoms with E-state index in [1.54, 1.807) is 6.92 Å². The maximum Gasteiger partial charge on any atom is 0.306 e. The molecule has 0 fully saturated rings. The molecular formula is C7H12N4O3. The van der Waals surface area contributed by atoms with E-state index in [1.807, 2.05) is 0 Å². The summed E-state index contributed by atoms with van der Waals surface area (Å²) >= 11 is 0. The van der Waals surface area contributed by atoms with E-state index in [4.69, 9.17) is 9.84 Å². The van der Waals surface area contributed by atoms with E-state index in [9.17, 15) is 4.79 Å². The van der Waals surface area contributed by atoms with Crippen LogP contribution in [0.2, 0.25) is 0 Å². The van der Waals surface area contributed by atoms with Crippen molar-refractivity contribution in [1.29, 1.82) is 0 Å². The van der Waals surface area contributed by atoms with Crippen LogP contribution < -0.4 is 0 Å². The highest BCUT2D eigenvalue weighted by molar-refractivity contribution is 5.67. The van der Waals surface area contributed by atoms with Crippen LogP contribution in [0.4, 0.5) is 0 Å². The van der Waals surface area contributed by atoms with Gasteiger partial charge in [-0.1, -0.05) is 0 Å². The second kappa shape index (κ2) is 4.66. The molecule has 0 saturated carbocycles. The summed E-state index contributed by atoms with van der Waals surface area (Å²) < 4.78 is 6.50. The van der Waals surface area contributed by atoms with Crippen LogP contribution in [-0.4, -0.2) is 44.5 Å². The van der Waals surface area contributed by atoms with Gasteiger partial charge >= 0.3 is 5.97 Å². The standard InChI is InChI=1S/C7H12N4O3/c1-5-8-9-10-11(5)4-6(14-2)3-7(12)13/h6H,3-4H2,1-2H3,(H,12,13). The lowest BCUT2D eigenvalue weighted by atomic mass is 10.2. The minimum atomic E-state index is -0.900. The second-order valence-corrected chi connectivity index (χ2v) is 2.86. The lowest BCUT2D eigenvalue weighted by Gasteiger charge is -2.12. The first kappa shape index (κ1) is 10.6. The Balaban J connectivity index is 2.57. The maximum atomic E-state index is 10.4. The van der Waals surface area contributed by atoms with E-state index in [1.165, 1.54) is 11.8 Å². The molecule has 78 valence electrons.